The van der Waals surface area contributed by atoms with Gasteiger partial charge in [-0.2, -0.15) is 0 Å². The van der Waals surface area contributed by atoms with Gasteiger partial charge in [0.25, 0.3) is 0 Å². The number of pyridine rings is 1. The fourth-order valence-electron chi connectivity index (χ4n) is 3.02. The van der Waals surface area contributed by atoms with Crippen molar-refractivity contribution in [2.75, 3.05) is 23.7 Å². The lowest BCUT2D eigenvalue weighted by molar-refractivity contribution is 0.144. The summed E-state index contributed by atoms with van der Waals surface area (Å²) in [6.45, 7) is 4.77. The first-order chi connectivity index (χ1) is 14.4. The molecular formula is C19H21N5O3S3. The number of rotatable bonds is 6. The standard InChI is InChI=1S/C19H21N5O3S3/c1-4-10-27-23-14-7-9-24(30(3,25)26)19-15(14)22-18(29-19)16-12(2)21-17(28-16)13-6-5-8-20-11-13/h5-6,8,11H,4,7,9-10H2,1-3H3. The van der Waals surface area contributed by atoms with Crippen LogP contribution in [0.5, 0.6) is 0 Å². The lowest BCUT2D eigenvalue weighted by Crippen LogP contribution is -2.36. The molecule has 11 heteroatoms. The third kappa shape index (κ3) is 4.09. The number of hydrogen-bond acceptors (Lipinski definition) is 9. The highest BCUT2D eigenvalue weighted by Crippen LogP contribution is 2.43. The average Bonchev–Trinajstić information content (AvgIpc) is 3.32. The van der Waals surface area contributed by atoms with Gasteiger partial charge in [0, 0.05) is 30.9 Å². The molecule has 0 saturated heterocycles. The van der Waals surface area contributed by atoms with E-state index in [9.17, 15) is 8.42 Å². The van der Waals surface area contributed by atoms with Gasteiger partial charge in [0.1, 0.15) is 33.0 Å². The molecule has 1 aliphatic heterocycles. The number of thiazole rings is 2. The van der Waals surface area contributed by atoms with Crippen LogP contribution in [0.4, 0.5) is 5.00 Å². The maximum atomic E-state index is 12.3. The Kier molecular flexibility index (Phi) is 5.85. The van der Waals surface area contributed by atoms with Crippen LogP contribution in [-0.4, -0.2) is 48.5 Å². The fraction of sp³-hybridized carbons (Fsp3) is 0.368. The molecule has 0 N–H and O–H groups in total. The van der Waals surface area contributed by atoms with Gasteiger partial charge in [-0.25, -0.2) is 18.4 Å². The van der Waals surface area contributed by atoms with Gasteiger partial charge < -0.3 is 4.84 Å². The summed E-state index contributed by atoms with van der Waals surface area (Å²) in [5.74, 6) is 0. The Balaban J connectivity index is 1.78. The monoisotopic (exact) mass is 463 g/mol. The number of nitrogens with zero attached hydrogens (tertiary/aromatic N) is 5. The second-order valence-electron chi connectivity index (χ2n) is 6.80. The zero-order valence-corrected chi connectivity index (χ0v) is 19.3. The van der Waals surface area contributed by atoms with Crippen LogP contribution in [0.25, 0.3) is 20.5 Å². The highest BCUT2D eigenvalue weighted by Gasteiger charge is 2.33. The minimum absolute atomic E-state index is 0.324. The maximum Gasteiger partial charge on any atom is 0.232 e. The van der Waals surface area contributed by atoms with Gasteiger partial charge >= 0.3 is 0 Å². The number of sulfonamides is 1. The second-order valence-corrected chi connectivity index (χ2v) is 10.7. The van der Waals surface area contributed by atoms with E-state index in [1.165, 1.54) is 33.2 Å². The molecule has 1 aliphatic rings. The molecule has 30 heavy (non-hydrogen) atoms. The lowest BCUT2D eigenvalue weighted by atomic mass is 10.1. The summed E-state index contributed by atoms with van der Waals surface area (Å²) in [4.78, 5) is 19.9. The lowest BCUT2D eigenvalue weighted by Gasteiger charge is -2.25. The molecule has 0 saturated carbocycles. The van der Waals surface area contributed by atoms with Crippen molar-refractivity contribution in [1.82, 2.24) is 15.0 Å². The molecule has 0 fully saturated rings. The normalized spacial score (nSPS) is 15.4. The Bertz CT molecular complexity index is 1190. The molecule has 8 nitrogen and oxygen atoms in total. The van der Waals surface area contributed by atoms with E-state index in [4.69, 9.17) is 9.82 Å². The van der Waals surface area contributed by atoms with E-state index in [-0.39, 0.29) is 0 Å². The molecule has 3 aromatic rings. The minimum atomic E-state index is -3.42. The van der Waals surface area contributed by atoms with E-state index >= 15 is 0 Å². The molecule has 0 atom stereocenters. The van der Waals surface area contributed by atoms with Crippen molar-refractivity contribution in [1.29, 1.82) is 0 Å². The molecular weight excluding hydrogens is 442 g/mol. The summed E-state index contributed by atoms with van der Waals surface area (Å²) in [6, 6.07) is 3.83. The molecule has 0 radical (unpaired) electrons. The first-order valence-electron chi connectivity index (χ1n) is 9.44. The van der Waals surface area contributed by atoms with E-state index in [0.29, 0.717) is 36.0 Å². The van der Waals surface area contributed by atoms with Crippen molar-refractivity contribution in [3.8, 4) is 20.5 Å². The van der Waals surface area contributed by atoms with Crippen molar-refractivity contribution >= 4 is 43.4 Å². The van der Waals surface area contributed by atoms with Gasteiger partial charge in [0.05, 0.1) is 16.8 Å². The SMILES string of the molecule is CCCON=C1CCN(S(C)(=O)=O)c2sc(-c3sc(-c4cccnc4)nc3C)nc21. The summed E-state index contributed by atoms with van der Waals surface area (Å²) in [7, 11) is -3.42. The predicted molar refractivity (Wildman–Crippen MR) is 121 cm³/mol. The Morgan fingerprint density at radius 3 is 2.80 bits per heavy atom. The minimum Gasteiger partial charge on any atom is -0.396 e. The molecule has 0 aliphatic carbocycles. The summed E-state index contributed by atoms with van der Waals surface area (Å²) in [5, 5.41) is 6.39. The smallest absolute Gasteiger partial charge is 0.232 e. The van der Waals surface area contributed by atoms with Crippen LogP contribution >= 0.6 is 22.7 Å². The van der Waals surface area contributed by atoms with Crippen LogP contribution in [0, 0.1) is 6.92 Å². The van der Waals surface area contributed by atoms with Gasteiger partial charge in [0.2, 0.25) is 10.0 Å². The average molecular weight is 464 g/mol. The topological polar surface area (TPSA) is 97.6 Å². The highest BCUT2D eigenvalue weighted by atomic mass is 32.2. The molecule has 0 amide bonds. The molecule has 158 valence electrons. The van der Waals surface area contributed by atoms with Crippen LogP contribution in [-0.2, 0) is 14.9 Å². The number of oxime groups is 1. The van der Waals surface area contributed by atoms with E-state index in [1.54, 1.807) is 12.4 Å². The zero-order chi connectivity index (χ0) is 21.3. The number of aryl methyl sites for hydroxylation is 1. The first kappa shape index (κ1) is 20.9. The fourth-order valence-corrected chi connectivity index (χ4v) is 6.55. The van der Waals surface area contributed by atoms with Crippen LogP contribution in [0.2, 0.25) is 0 Å². The van der Waals surface area contributed by atoms with Crippen molar-refractivity contribution < 1.29 is 13.3 Å². The van der Waals surface area contributed by atoms with Crippen molar-refractivity contribution in [2.45, 2.75) is 26.7 Å². The third-order valence-corrected chi connectivity index (χ3v) is 8.15. The Hall–Kier alpha value is -2.37. The van der Waals surface area contributed by atoms with Gasteiger partial charge in [-0.3, -0.25) is 9.29 Å². The summed E-state index contributed by atoms with van der Waals surface area (Å²) >= 11 is 2.86. The van der Waals surface area contributed by atoms with E-state index in [2.05, 4.69) is 15.1 Å². The van der Waals surface area contributed by atoms with Crippen molar-refractivity contribution in [2.24, 2.45) is 5.16 Å². The van der Waals surface area contributed by atoms with Gasteiger partial charge in [0.15, 0.2) is 0 Å². The maximum absolute atomic E-state index is 12.3. The summed E-state index contributed by atoms with van der Waals surface area (Å²) < 4.78 is 26.1. The van der Waals surface area contributed by atoms with Crippen LogP contribution in [0.1, 0.15) is 31.2 Å². The van der Waals surface area contributed by atoms with Gasteiger partial charge in [-0.05, 0) is 25.5 Å². The molecule has 4 rings (SSSR count). The number of hydrogen-bond donors (Lipinski definition) is 0. The predicted octanol–water partition coefficient (Wildman–Crippen LogP) is 3.94. The quantitative estimate of drug-likeness (QED) is 0.406. The Morgan fingerprint density at radius 1 is 1.27 bits per heavy atom. The molecule has 0 bridgehead atoms. The largest absolute Gasteiger partial charge is 0.396 e. The van der Waals surface area contributed by atoms with Crippen LogP contribution in [0.3, 0.4) is 0 Å². The van der Waals surface area contributed by atoms with E-state index in [1.807, 2.05) is 26.0 Å². The molecule has 0 aromatic carbocycles. The van der Waals surface area contributed by atoms with Gasteiger partial charge in [-0.15, -0.1) is 11.3 Å². The zero-order valence-electron chi connectivity index (χ0n) is 16.8. The first-order valence-corrected chi connectivity index (χ1v) is 12.9. The van der Waals surface area contributed by atoms with Crippen molar-refractivity contribution in [3.63, 3.8) is 0 Å². The Labute approximate surface area is 183 Å². The third-order valence-electron chi connectivity index (χ3n) is 4.43. The van der Waals surface area contributed by atoms with E-state index in [0.717, 1.165) is 32.6 Å². The van der Waals surface area contributed by atoms with E-state index < -0.39 is 10.0 Å². The second kappa shape index (κ2) is 8.40. The van der Waals surface area contributed by atoms with Crippen molar-refractivity contribution in [3.05, 3.63) is 35.9 Å². The molecule has 0 spiro atoms. The number of anilines is 1. The van der Waals surface area contributed by atoms with Crippen LogP contribution in [0.15, 0.2) is 29.7 Å². The summed E-state index contributed by atoms with van der Waals surface area (Å²) in [5.41, 5.74) is 3.02. The highest BCUT2D eigenvalue weighted by molar-refractivity contribution is 7.92. The van der Waals surface area contributed by atoms with Crippen LogP contribution < -0.4 is 4.31 Å². The van der Waals surface area contributed by atoms with Gasteiger partial charge in [-0.1, -0.05) is 23.4 Å². The summed E-state index contributed by atoms with van der Waals surface area (Å²) in [6.07, 6.45) is 6.01. The molecule has 4 heterocycles. The number of fused-ring (bicyclic) bond motifs is 1. The number of aromatic nitrogens is 3. The Morgan fingerprint density at radius 2 is 2.10 bits per heavy atom. The molecule has 3 aromatic heterocycles. The molecule has 0 unspecified atom stereocenters.